The summed E-state index contributed by atoms with van der Waals surface area (Å²) >= 11 is 0. The van der Waals surface area contributed by atoms with Crippen molar-refractivity contribution in [2.45, 2.75) is 88.1 Å². The maximum atomic E-state index is 14.4. The Bertz CT molecular complexity index is 1330. The zero-order valence-electron chi connectivity index (χ0n) is 23.2. The largest absolute Gasteiger partial charge is 0.461 e. The zero-order chi connectivity index (χ0) is 27.3. The number of halogens is 1. The highest BCUT2D eigenvalue weighted by molar-refractivity contribution is 5.54. The molecule has 40 heavy (non-hydrogen) atoms. The number of aryl methyl sites for hydroxylation is 1. The lowest BCUT2D eigenvalue weighted by atomic mass is 9.74. The Labute approximate surface area is 235 Å². The number of ether oxygens (including phenoxy) is 2. The molecule has 1 aliphatic carbocycles. The van der Waals surface area contributed by atoms with Gasteiger partial charge in [-0.15, -0.1) is 0 Å². The highest BCUT2D eigenvalue weighted by Crippen LogP contribution is 2.47. The second kappa shape index (κ2) is 10.1. The van der Waals surface area contributed by atoms with Gasteiger partial charge in [-0.25, -0.2) is 4.39 Å². The second-order valence-electron chi connectivity index (χ2n) is 12.7. The second-order valence-corrected chi connectivity index (χ2v) is 12.7. The molecule has 2 aromatic rings. The molecular formula is C31H39FN6O2. The maximum Gasteiger partial charge on any atom is 0.318 e. The van der Waals surface area contributed by atoms with Crippen LogP contribution in [0.15, 0.2) is 18.2 Å². The number of nitriles is 1. The van der Waals surface area contributed by atoms with Gasteiger partial charge in [0.05, 0.1) is 29.5 Å². The number of anilines is 2. The van der Waals surface area contributed by atoms with Crippen LogP contribution in [-0.4, -0.2) is 59.4 Å². The summed E-state index contributed by atoms with van der Waals surface area (Å²) in [5.74, 6) is 1.19. The lowest BCUT2D eigenvalue weighted by molar-refractivity contribution is -0.0855. The van der Waals surface area contributed by atoms with E-state index in [-0.39, 0.29) is 5.54 Å². The number of alkyl halides is 1. The van der Waals surface area contributed by atoms with E-state index in [1.54, 1.807) is 0 Å². The van der Waals surface area contributed by atoms with Gasteiger partial charge >= 0.3 is 6.01 Å². The van der Waals surface area contributed by atoms with Crippen LogP contribution in [0.3, 0.4) is 0 Å². The summed E-state index contributed by atoms with van der Waals surface area (Å²) in [4.78, 5) is 14.6. The number of piperidine rings is 1. The van der Waals surface area contributed by atoms with Gasteiger partial charge in [-0.05, 0) is 80.7 Å². The minimum atomic E-state index is -0.801. The smallest absolute Gasteiger partial charge is 0.318 e. The molecule has 3 fully saturated rings. The Morgan fingerprint density at radius 1 is 1.18 bits per heavy atom. The number of hydrogen-bond donors (Lipinski definition) is 1. The zero-order valence-corrected chi connectivity index (χ0v) is 23.2. The molecule has 3 saturated heterocycles. The van der Waals surface area contributed by atoms with Gasteiger partial charge in [0.2, 0.25) is 0 Å². The summed E-state index contributed by atoms with van der Waals surface area (Å²) in [5.41, 5.74) is 10.7. The van der Waals surface area contributed by atoms with Crippen molar-refractivity contribution in [3.8, 4) is 12.1 Å². The Balaban J connectivity index is 1.24. The number of aromatic nitrogens is 2. The Morgan fingerprint density at radius 2 is 2.10 bits per heavy atom. The highest BCUT2D eigenvalue weighted by Gasteiger charge is 2.50. The van der Waals surface area contributed by atoms with Crippen LogP contribution in [0.4, 0.5) is 15.9 Å². The predicted octanol–water partition coefficient (Wildman–Crippen LogP) is 4.45. The highest BCUT2D eigenvalue weighted by atomic mass is 19.1. The number of hydrogen-bond acceptors (Lipinski definition) is 8. The first-order chi connectivity index (χ1) is 19.5. The van der Waals surface area contributed by atoms with E-state index >= 15 is 0 Å². The van der Waals surface area contributed by atoms with Crippen LogP contribution in [0.2, 0.25) is 0 Å². The third-order valence-electron chi connectivity index (χ3n) is 10.1. The fraction of sp³-hybridized carbons (Fsp3) is 0.645. The van der Waals surface area contributed by atoms with E-state index in [9.17, 15) is 9.65 Å². The van der Waals surface area contributed by atoms with Gasteiger partial charge in [-0.3, -0.25) is 4.90 Å². The van der Waals surface area contributed by atoms with Crippen molar-refractivity contribution in [3.63, 3.8) is 0 Å². The van der Waals surface area contributed by atoms with Gasteiger partial charge in [-0.2, -0.15) is 15.2 Å². The van der Waals surface area contributed by atoms with Gasteiger partial charge in [0.25, 0.3) is 0 Å². The molecule has 2 N–H and O–H groups in total. The summed E-state index contributed by atoms with van der Waals surface area (Å²) in [6.07, 6.45) is 8.01. The van der Waals surface area contributed by atoms with Crippen molar-refractivity contribution < 1.29 is 13.9 Å². The molecule has 4 atom stereocenters. The average molecular weight is 547 g/mol. The van der Waals surface area contributed by atoms with E-state index in [1.165, 1.54) is 11.1 Å². The molecule has 7 rings (SSSR count). The van der Waals surface area contributed by atoms with E-state index in [0.717, 1.165) is 87.3 Å². The molecule has 212 valence electrons. The monoisotopic (exact) mass is 546 g/mol. The molecule has 1 unspecified atom stereocenters. The Hall–Kier alpha value is -2.96. The predicted molar refractivity (Wildman–Crippen MR) is 150 cm³/mol. The third kappa shape index (κ3) is 4.50. The number of rotatable bonds is 5. The fourth-order valence-corrected chi connectivity index (χ4v) is 8.12. The van der Waals surface area contributed by atoms with Crippen LogP contribution in [0, 0.1) is 17.2 Å². The number of nitrogens with two attached hydrogens (primary N) is 1. The summed E-state index contributed by atoms with van der Waals surface area (Å²) in [6, 6.07) is 8.93. The SMILES string of the molecule is N#CCC1CCCN(c2nc(OC[C@@]34CCCN3C[C@H](F)C4)nc3c2CO[C@@]2(CCCc4ccc(N)cc42)C3)C1. The van der Waals surface area contributed by atoms with E-state index in [0.29, 0.717) is 50.9 Å². The van der Waals surface area contributed by atoms with Crippen LogP contribution < -0.4 is 15.4 Å². The lowest BCUT2D eigenvalue weighted by Gasteiger charge is -2.43. The van der Waals surface area contributed by atoms with Crippen LogP contribution in [-0.2, 0) is 29.8 Å². The van der Waals surface area contributed by atoms with Crippen molar-refractivity contribution in [2.24, 2.45) is 5.92 Å². The maximum absolute atomic E-state index is 14.4. The summed E-state index contributed by atoms with van der Waals surface area (Å²) in [5, 5.41) is 9.34. The van der Waals surface area contributed by atoms with E-state index in [2.05, 4.69) is 28.0 Å². The fourth-order valence-electron chi connectivity index (χ4n) is 8.12. The molecule has 0 radical (unpaired) electrons. The minimum Gasteiger partial charge on any atom is -0.461 e. The molecule has 9 heteroatoms. The van der Waals surface area contributed by atoms with Gasteiger partial charge in [0.1, 0.15) is 18.6 Å². The molecule has 4 aliphatic heterocycles. The van der Waals surface area contributed by atoms with Crippen molar-refractivity contribution >= 4 is 11.5 Å². The van der Waals surface area contributed by atoms with Crippen LogP contribution in [0.25, 0.3) is 0 Å². The van der Waals surface area contributed by atoms with E-state index < -0.39 is 11.8 Å². The number of benzene rings is 1. The molecule has 5 aliphatic rings. The topological polar surface area (TPSA) is 101 Å². The first-order valence-electron chi connectivity index (χ1n) is 15.0. The normalized spacial score (nSPS) is 31.4. The molecule has 1 spiro atoms. The third-order valence-corrected chi connectivity index (χ3v) is 10.1. The molecule has 5 heterocycles. The summed E-state index contributed by atoms with van der Waals surface area (Å²) in [7, 11) is 0. The minimum absolute atomic E-state index is 0.258. The Kier molecular flexibility index (Phi) is 6.59. The summed E-state index contributed by atoms with van der Waals surface area (Å²) < 4.78 is 27.6. The van der Waals surface area contributed by atoms with Crippen molar-refractivity contribution in [2.75, 3.05) is 43.4 Å². The van der Waals surface area contributed by atoms with Crippen LogP contribution >= 0.6 is 0 Å². The molecule has 8 nitrogen and oxygen atoms in total. The van der Waals surface area contributed by atoms with Crippen molar-refractivity contribution in [3.05, 3.63) is 40.6 Å². The van der Waals surface area contributed by atoms with E-state index in [4.69, 9.17) is 25.2 Å². The van der Waals surface area contributed by atoms with Gasteiger partial charge in [-0.1, -0.05) is 6.07 Å². The first kappa shape index (κ1) is 26.0. The number of nitrogen functional groups attached to an aromatic ring is 1. The van der Waals surface area contributed by atoms with Gasteiger partial charge in [0, 0.05) is 50.1 Å². The average Bonchev–Trinajstić information content (AvgIpc) is 3.48. The van der Waals surface area contributed by atoms with Crippen LogP contribution in [0.5, 0.6) is 6.01 Å². The van der Waals surface area contributed by atoms with Gasteiger partial charge < -0.3 is 20.1 Å². The summed E-state index contributed by atoms with van der Waals surface area (Å²) in [6.45, 7) is 3.94. The first-order valence-corrected chi connectivity index (χ1v) is 15.0. The van der Waals surface area contributed by atoms with Crippen LogP contribution in [0.1, 0.15) is 73.8 Å². The molecule has 1 aromatic carbocycles. The molecule has 0 bridgehead atoms. The standard InChI is InChI=1S/C31H39FN6O2/c32-23-15-30(9-3-13-38(30)18-23)20-39-29-35-27-16-31(10-1-5-22-6-7-24(34)14-26(22)31)40-19-25(27)28(36-29)37-12-2-4-21(17-37)8-11-33/h6-7,14,21,23H,1-5,8-10,12-13,15-20,34H2/t21?,23-,30+,31+/m1/s1. The molecule has 0 saturated carbocycles. The van der Waals surface area contributed by atoms with E-state index in [1.807, 2.05) is 6.07 Å². The molecule has 0 amide bonds. The quantitative estimate of drug-likeness (QED) is 0.549. The van der Waals surface area contributed by atoms with Gasteiger partial charge in [0.15, 0.2) is 0 Å². The lowest BCUT2D eigenvalue weighted by Crippen LogP contribution is -2.44. The molecular weight excluding hydrogens is 507 g/mol. The number of fused-ring (bicyclic) bond motifs is 4. The van der Waals surface area contributed by atoms with Crippen molar-refractivity contribution in [1.29, 1.82) is 5.26 Å². The Morgan fingerprint density at radius 3 is 3.00 bits per heavy atom. The molecule has 1 aromatic heterocycles. The van der Waals surface area contributed by atoms with Crippen molar-refractivity contribution in [1.82, 2.24) is 14.9 Å². The number of nitrogens with zero attached hydrogens (tertiary/aromatic N) is 5.